The largest absolute Gasteiger partial charge is 0.395 e. The number of unbranched alkanes of at least 4 members (excludes halogenated alkanes) is 2. The van der Waals surface area contributed by atoms with Crippen LogP contribution in [0.15, 0.2) is 18.7 Å². The molecule has 1 rings (SSSR count). The molecule has 0 saturated heterocycles. The molecule has 4 nitrogen and oxygen atoms in total. The molecule has 0 bridgehead atoms. The van der Waals surface area contributed by atoms with Crippen molar-refractivity contribution in [3.63, 3.8) is 0 Å². The first-order chi connectivity index (χ1) is 7.86. The van der Waals surface area contributed by atoms with E-state index in [0.29, 0.717) is 0 Å². The lowest BCUT2D eigenvalue weighted by atomic mass is 10.2. The van der Waals surface area contributed by atoms with Crippen molar-refractivity contribution in [1.82, 2.24) is 14.9 Å². The molecule has 0 spiro atoms. The molecular formula is C12H21N3O. The van der Waals surface area contributed by atoms with Crippen molar-refractivity contribution in [2.45, 2.75) is 32.7 Å². The molecule has 16 heavy (non-hydrogen) atoms. The van der Waals surface area contributed by atoms with Crippen LogP contribution in [0.25, 0.3) is 0 Å². The van der Waals surface area contributed by atoms with Crippen molar-refractivity contribution in [2.75, 3.05) is 19.7 Å². The predicted octanol–water partition coefficient (Wildman–Crippen LogP) is 1.46. The molecule has 0 aromatic carbocycles. The van der Waals surface area contributed by atoms with Crippen LogP contribution in [0.5, 0.6) is 0 Å². The van der Waals surface area contributed by atoms with Gasteiger partial charge < -0.3 is 5.11 Å². The van der Waals surface area contributed by atoms with Gasteiger partial charge in [0, 0.05) is 31.0 Å². The Morgan fingerprint density at radius 3 is 2.56 bits per heavy atom. The highest BCUT2D eigenvalue weighted by Crippen LogP contribution is 2.04. The number of hydrogen-bond acceptors (Lipinski definition) is 4. The summed E-state index contributed by atoms with van der Waals surface area (Å²) in [4.78, 5) is 10.2. The Morgan fingerprint density at radius 2 is 1.94 bits per heavy atom. The number of aromatic nitrogens is 2. The van der Waals surface area contributed by atoms with E-state index in [-0.39, 0.29) is 6.61 Å². The third-order valence-corrected chi connectivity index (χ3v) is 2.51. The van der Waals surface area contributed by atoms with Crippen molar-refractivity contribution in [1.29, 1.82) is 0 Å². The van der Waals surface area contributed by atoms with Crippen LogP contribution in [0.2, 0.25) is 0 Å². The molecule has 1 aromatic rings. The number of aliphatic hydroxyl groups excluding tert-OH is 1. The van der Waals surface area contributed by atoms with E-state index in [1.54, 1.807) is 0 Å². The molecule has 0 fully saturated rings. The van der Waals surface area contributed by atoms with Crippen LogP contribution in [0.4, 0.5) is 0 Å². The molecule has 1 heterocycles. The normalized spacial score (nSPS) is 10.9. The molecule has 0 unspecified atom stereocenters. The summed E-state index contributed by atoms with van der Waals surface area (Å²) in [6.45, 7) is 4.98. The van der Waals surface area contributed by atoms with Crippen molar-refractivity contribution < 1.29 is 5.11 Å². The van der Waals surface area contributed by atoms with Crippen LogP contribution in [0.3, 0.4) is 0 Å². The molecule has 0 atom stereocenters. The van der Waals surface area contributed by atoms with Gasteiger partial charge in [0.25, 0.3) is 0 Å². The van der Waals surface area contributed by atoms with Crippen LogP contribution < -0.4 is 0 Å². The summed E-state index contributed by atoms with van der Waals surface area (Å²) in [6.07, 6.45) is 8.85. The van der Waals surface area contributed by atoms with E-state index in [4.69, 9.17) is 5.11 Å². The zero-order valence-corrected chi connectivity index (χ0v) is 9.97. The van der Waals surface area contributed by atoms with Gasteiger partial charge in [0.05, 0.1) is 6.61 Å². The molecule has 0 aliphatic rings. The van der Waals surface area contributed by atoms with Crippen molar-refractivity contribution in [3.8, 4) is 0 Å². The van der Waals surface area contributed by atoms with Gasteiger partial charge in [0.2, 0.25) is 0 Å². The lowest BCUT2D eigenvalue weighted by Crippen LogP contribution is -2.27. The highest BCUT2D eigenvalue weighted by molar-refractivity contribution is 5.01. The minimum atomic E-state index is 0.208. The molecule has 0 saturated carbocycles. The van der Waals surface area contributed by atoms with E-state index in [9.17, 15) is 0 Å². The Balaban J connectivity index is 2.38. The van der Waals surface area contributed by atoms with Gasteiger partial charge in [-0.25, -0.2) is 9.97 Å². The summed E-state index contributed by atoms with van der Waals surface area (Å²) in [5.74, 6) is 0. The van der Waals surface area contributed by atoms with Crippen LogP contribution in [-0.4, -0.2) is 39.7 Å². The second-order valence-electron chi connectivity index (χ2n) is 3.95. The van der Waals surface area contributed by atoms with Gasteiger partial charge in [-0.05, 0) is 13.0 Å². The molecule has 1 aromatic heterocycles. The van der Waals surface area contributed by atoms with Crippen LogP contribution >= 0.6 is 0 Å². The van der Waals surface area contributed by atoms with Gasteiger partial charge >= 0.3 is 0 Å². The minimum Gasteiger partial charge on any atom is -0.395 e. The van der Waals surface area contributed by atoms with E-state index < -0.39 is 0 Å². The van der Waals surface area contributed by atoms with Gasteiger partial charge in [-0.2, -0.15) is 0 Å². The second kappa shape index (κ2) is 8.19. The Kier molecular flexibility index (Phi) is 6.69. The van der Waals surface area contributed by atoms with Crippen molar-refractivity contribution >= 4 is 0 Å². The van der Waals surface area contributed by atoms with E-state index in [1.807, 2.05) is 12.4 Å². The van der Waals surface area contributed by atoms with E-state index in [2.05, 4.69) is 21.8 Å². The molecule has 4 heteroatoms. The summed E-state index contributed by atoms with van der Waals surface area (Å²) >= 11 is 0. The fourth-order valence-electron chi connectivity index (χ4n) is 1.67. The summed E-state index contributed by atoms with van der Waals surface area (Å²) in [5, 5.41) is 9.00. The number of hydrogen-bond donors (Lipinski definition) is 1. The van der Waals surface area contributed by atoms with Gasteiger partial charge in [-0.15, -0.1) is 0 Å². The van der Waals surface area contributed by atoms with Gasteiger partial charge in [-0.1, -0.05) is 19.8 Å². The van der Waals surface area contributed by atoms with Crippen molar-refractivity contribution in [3.05, 3.63) is 24.3 Å². The van der Waals surface area contributed by atoms with Crippen LogP contribution in [0, 0.1) is 0 Å². The first-order valence-electron chi connectivity index (χ1n) is 5.94. The Hall–Kier alpha value is -1.00. The minimum absolute atomic E-state index is 0.208. The summed E-state index contributed by atoms with van der Waals surface area (Å²) < 4.78 is 0. The molecule has 0 aliphatic heterocycles. The monoisotopic (exact) mass is 223 g/mol. The zero-order valence-electron chi connectivity index (χ0n) is 9.97. The predicted molar refractivity (Wildman–Crippen MR) is 63.9 cm³/mol. The van der Waals surface area contributed by atoms with Gasteiger partial charge in [0.1, 0.15) is 6.33 Å². The van der Waals surface area contributed by atoms with Crippen LogP contribution in [-0.2, 0) is 6.54 Å². The summed E-state index contributed by atoms with van der Waals surface area (Å²) in [5.41, 5.74) is 1.10. The topological polar surface area (TPSA) is 49.2 Å². The quantitative estimate of drug-likeness (QED) is 0.678. The number of nitrogens with zero attached hydrogens (tertiary/aromatic N) is 3. The molecular weight excluding hydrogens is 202 g/mol. The van der Waals surface area contributed by atoms with Crippen LogP contribution in [0.1, 0.15) is 31.7 Å². The highest BCUT2D eigenvalue weighted by Gasteiger charge is 2.05. The van der Waals surface area contributed by atoms with E-state index in [0.717, 1.165) is 25.2 Å². The SMILES string of the molecule is CCCCCN(CCO)Cc1cncnc1. The lowest BCUT2D eigenvalue weighted by molar-refractivity contribution is 0.187. The average Bonchev–Trinajstić information content (AvgIpc) is 2.31. The molecule has 0 amide bonds. The zero-order chi connectivity index (χ0) is 11.6. The third-order valence-electron chi connectivity index (χ3n) is 2.51. The molecule has 0 radical (unpaired) electrons. The lowest BCUT2D eigenvalue weighted by Gasteiger charge is -2.20. The second-order valence-corrected chi connectivity index (χ2v) is 3.95. The number of aliphatic hydroxyl groups is 1. The maximum atomic E-state index is 9.00. The Labute approximate surface area is 97.3 Å². The van der Waals surface area contributed by atoms with E-state index in [1.165, 1.54) is 25.6 Å². The summed E-state index contributed by atoms with van der Waals surface area (Å²) in [6, 6.07) is 0. The Bertz CT molecular complexity index is 266. The molecule has 1 N–H and O–H groups in total. The fourth-order valence-corrected chi connectivity index (χ4v) is 1.67. The van der Waals surface area contributed by atoms with Crippen molar-refractivity contribution in [2.24, 2.45) is 0 Å². The Morgan fingerprint density at radius 1 is 1.19 bits per heavy atom. The van der Waals surface area contributed by atoms with Gasteiger partial charge in [0.15, 0.2) is 0 Å². The fraction of sp³-hybridized carbons (Fsp3) is 0.667. The average molecular weight is 223 g/mol. The maximum Gasteiger partial charge on any atom is 0.115 e. The molecule has 0 aliphatic carbocycles. The number of rotatable bonds is 8. The highest BCUT2D eigenvalue weighted by atomic mass is 16.3. The van der Waals surface area contributed by atoms with Gasteiger partial charge in [-0.3, -0.25) is 4.90 Å². The first-order valence-corrected chi connectivity index (χ1v) is 5.94. The summed E-state index contributed by atoms with van der Waals surface area (Å²) in [7, 11) is 0. The third kappa shape index (κ3) is 5.19. The molecule has 90 valence electrons. The smallest absolute Gasteiger partial charge is 0.115 e. The maximum absolute atomic E-state index is 9.00. The standard InChI is InChI=1S/C12H21N3O/c1-2-3-4-5-15(6-7-16)10-12-8-13-11-14-9-12/h8-9,11,16H,2-7,10H2,1H3. The van der Waals surface area contributed by atoms with E-state index >= 15 is 0 Å². The first kappa shape index (κ1) is 13.1.